The van der Waals surface area contributed by atoms with Crippen molar-refractivity contribution < 1.29 is 23.1 Å². The molecule has 1 atom stereocenters. The van der Waals surface area contributed by atoms with E-state index in [0.717, 1.165) is 12.1 Å². The molecule has 1 fully saturated rings. The monoisotopic (exact) mass is 344 g/mol. The largest absolute Gasteiger partial charge is 0.416 e. The third-order valence-corrected chi connectivity index (χ3v) is 4.30. The highest BCUT2D eigenvalue weighted by Gasteiger charge is 2.30. The Morgan fingerprint density at radius 1 is 1.17 bits per heavy atom. The first-order valence-electron chi connectivity index (χ1n) is 8.14. The predicted molar refractivity (Wildman–Crippen MR) is 84.5 cm³/mol. The van der Waals surface area contributed by atoms with Crippen molar-refractivity contribution in [3.8, 4) is 0 Å². The van der Waals surface area contributed by atoms with Gasteiger partial charge < -0.3 is 10.0 Å². The fraction of sp³-hybridized carbons (Fsp3) is 0.588. The summed E-state index contributed by atoms with van der Waals surface area (Å²) in [5, 5.41) is 9.66. The van der Waals surface area contributed by atoms with E-state index in [0.29, 0.717) is 44.7 Å². The number of aliphatic hydroxyl groups is 1. The molecule has 1 aliphatic rings. The molecule has 1 aromatic rings. The number of halogens is 3. The minimum absolute atomic E-state index is 0.0783. The molecule has 134 valence electrons. The van der Waals surface area contributed by atoms with Crippen LogP contribution < -0.4 is 0 Å². The van der Waals surface area contributed by atoms with Gasteiger partial charge in [0.15, 0.2) is 0 Å². The zero-order valence-electron chi connectivity index (χ0n) is 13.7. The number of piperazine rings is 1. The number of amides is 1. The van der Waals surface area contributed by atoms with E-state index in [9.17, 15) is 23.1 Å². The van der Waals surface area contributed by atoms with Crippen molar-refractivity contribution in [2.24, 2.45) is 0 Å². The van der Waals surface area contributed by atoms with Crippen molar-refractivity contribution in [3.05, 3.63) is 35.4 Å². The van der Waals surface area contributed by atoms with Crippen LogP contribution in [0, 0.1) is 0 Å². The van der Waals surface area contributed by atoms with E-state index in [1.54, 1.807) is 4.90 Å². The molecule has 0 radical (unpaired) electrons. The van der Waals surface area contributed by atoms with Crippen LogP contribution in [-0.4, -0.2) is 59.6 Å². The van der Waals surface area contributed by atoms with E-state index in [1.165, 1.54) is 12.1 Å². The zero-order valence-corrected chi connectivity index (χ0v) is 13.7. The van der Waals surface area contributed by atoms with Crippen molar-refractivity contribution >= 4 is 5.91 Å². The molecular formula is C17H23F3N2O2. The van der Waals surface area contributed by atoms with Gasteiger partial charge in [0.05, 0.1) is 18.1 Å². The molecule has 1 heterocycles. The van der Waals surface area contributed by atoms with Gasteiger partial charge >= 0.3 is 6.18 Å². The average molecular weight is 344 g/mol. The van der Waals surface area contributed by atoms with E-state index in [-0.39, 0.29) is 18.4 Å². The Bertz CT molecular complexity index is 538. The summed E-state index contributed by atoms with van der Waals surface area (Å²) in [4.78, 5) is 16.1. The van der Waals surface area contributed by atoms with Gasteiger partial charge in [0.1, 0.15) is 0 Å². The van der Waals surface area contributed by atoms with Crippen LogP contribution in [-0.2, 0) is 17.4 Å². The maximum Gasteiger partial charge on any atom is 0.416 e. The van der Waals surface area contributed by atoms with Crippen LogP contribution in [0.15, 0.2) is 24.3 Å². The fourth-order valence-electron chi connectivity index (χ4n) is 2.70. The maximum atomic E-state index is 12.5. The topological polar surface area (TPSA) is 43.8 Å². The maximum absolute atomic E-state index is 12.5. The van der Waals surface area contributed by atoms with E-state index < -0.39 is 11.7 Å². The number of β-amino-alcohol motifs (C(OH)–C–C–N with tert-alkyl or cyclic N) is 1. The Balaban J connectivity index is 1.83. The first kappa shape index (κ1) is 18.7. The Morgan fingerprint density at radius 2 is 1.75 bits per heavy atom. The Kier molecular flexibility index (Phi) is 6.23. The number of benzene rings is 1. The molecule has 1 N–H and O–H groups in total. The molecule has 2 rings (SSSR count). The third-order valence-electron chi connectivity index (χ3n) is 4.30. The first-order valence-corrected chi connectivity index (χ1v) is 8.14. The fourth-order valence-corrected chi connectivity index (χ4v) is 2.70. The second-order valence-electron chi connectivity index (χ2n) is 6.11. The normalized spacial score (nSPS) is 17.8. The van der Waals surface area contributed by atoms with Crippen LogP contribution in [0.2, 0.25) is 0 Å². The third kappa shape index (κ3) is 5.21. The molecule has 1 unspecified atom stereocenters. The Morgan fingerprint density at radius 3 is 2.25 bits per heavy atom. The average Bonchev–Trinajstić information content (AvgIpc) is 2.55. The number of carbonyl (C=O) groups excluding carboxylic acids is 1. The lowest BCUT2D eigenvalue weighted by Crippen LogP contribution is -2.50. The van der Waals surface area contributed by atoms with Crippen LogP contribution in [0.25, 0.3) is 0 Å². The second kappa shape index (κ2) is 7.98. The minimum Gasteiger partial charge on any atom is -0.392 e. The summed E-state index contributed by atoms with van der Waals surface area (Å²) < 4.78 is 37.6. The quantitative estimate of drug-likeness (QED) is 0.890. The molecule has 4 nitrogen and oxygen atoms in total. The van der Waals surface area contributed by atoms with E-state index in [1.807, 2.05) is 6.92 Å². The number of hydrogen-bond acceptors (Lipinski definition) is 3. The highest BCUT2D eigenvalue weighted by Crippen LogP contribution is 2.29. The molecule has 0 bridgehead atoms. The van der Waals surface area contributed by atoms with Crippen molar-refractivity contribution in [1.82, 2.24) is 9.80 Å². The molecule has 1 aliphatic heterocycles. The predicted octanol–water partition coefficient (Wildman–Crippen LogP) is 2.16. The van der Waals surface area contributed by atoms with Gasteiger partial charge in [-0.2, -0.15) is 13.2 Å². The lowest BCUT2D eigenvalue weighted by molar-refractivity contribution is -0.137. The smallest absolute Gasteiger partial charge is 0.392 e. The van der Waals surface area contributed by atoms with Gasteiger partial charge in [0.2, 0.25) is 5.91 Å². The Hall–Kier alpha value is -1.60. The van der Waals surface area contributed by atoms with E-state index >= 15 is 0 Å². The van der Waals surface area contributed by atoms with Crippen LogP contribution in [0.1, 0.15) is 24.5 Å². The molecular weight excluding hydrogens is 321 g/mol. The van der Waals surface area contributed by atoms with Gasteiger partial charge in [-0.25, -0.2) is 0 Å². The van der Waals surface area contributed by atoms with Gasteiger partial charge in [-0.15, -0.1) is 0 Å². The van der Waals surface area contributed by atoms with E-state index in [2.05, 4.69) is 4.90 Å². The molecule has 1 saturated heterocycles. The number of hydrogen-bond donors (Lipinski definition) is 1. The molecule has 0 aromatic heterocycles. The molecule has 1 amide bonds. The minimum atomic E-state index is -4.36. The number of alkyl halides is 3. The van der Waals surface area contributed by atoms with Crippen molar-refractivity contribution in [2.45, 2.75) is 32.0 Å². The van der Waals surface area contributed by atoms with Crippen molar-refractivity contribution in [1.29, 1.82) is 0 Å². The molecule has 0 spiro atoms. The highest BCUT2D eigenvalue weighted by atomic mass is 19.4. The SMILES string of the molecule is CCC(O)CN1CCN(C(=O)Cc2ccc(C(F)(F)F)cc2)CC1. The molecule has 0 saturated carbocycles. The summed E-state index contributed by atoms with van der Waals surface area (Å²) in [7, 11) is 0. The second-order valence-corrected chi connectivity index (χ2v) is 6.11. The Labute approximate surface area is 139 Å². The summed E-state index contributed by atoms with van der Waals surface area (Å²) in [5.41, 5.74) is -0.126. The first-order chi connectivity index (χ1) is 11.3. The van der Waals surface area contributed by atoms with Crippen LogP contribution >= 0.6 is 0 Å². The number of nitrogens with zero attached hydrogens (tertiary/aromatic N) is 2. The lowest BCUT2D eigenvalue weighted by atomic mass is 10.1. The van der Waals surface area contributed by atoms with Gasteiger partial charge in [-0.1, -0.05) is 19.1 Å². The zero-order chi connectivity index (χ0) is 17.7. The molecule has 7 heteroatoms. The van der Waals surface area contributed by atoms with Crippen molar-refractivity contribution in [2.75, 3.05) is 32.7 Å². The molecule has 24 heavy (non-hydrogen) atoms. The summed E-state index contributed by atoms with van der Waals surface area (Å²) in [6, 6.07) is 4.72. The van der Waals surface area contributed by atoms with Gasteiger partial charge in [0.25, 0.3) is 0 Å². The van der Waals surface area contributed by atoms with Gasteiger partial charge in [0, 0.05) is 32.7 Å². The molecule has 0 aliphatic carbocycles. The van der Waals surface area contributed by atoms with Gasteiger partial charge in [-0.05, 0) is 24.1 Å². The van der Waals surface area contributed by atoms with Crippen molar-refractivity contribution in [3.63, 3.8) is 0 Å². The number of rotatable bonds is 5. The summed E-state index contributed by atoms with van der Waals surface area (Å²) in [6.07, 6.45) is -3.90. The summed E-state index contributed by atoms with van der Waals surface area (Å²) in [6.45, 7) is 5.10. The van der Waals surface area contributed by atoms with Gasteiger partial charge in [-0.3, -0.25) is 9.69 Å². The van der Waals surface area contributed by atoms with Crippen LogP contribution in [0.3, 0.4) is 0 Å². The lowest BCUT2D eigenvalue weighted by Gasteiger charge is -2.35. The van der Waals surface area contributed by atoms with E-state index in [4.69, 9.17) is 0 Å². The molecule has 1 aromatic carbocycles. The number of carbonyl (C=O) groups is 1. The van der Waals surface area contributed by atoms with Crippen LogP contribution in [0.5, 0.6) is 0 Å². The summed E-state index contributed by atoms with van der Waals surface area (Å²) in [5.74, 6) is -0.0783. The number of aliphatic hydroxyl groups excluding tert-OH is 1. The standard InChI is InChI=1S/C17H23F3N2O2/c1-2-15(23)12-21-7-9-22(10-8-21)16(24)11-13-3-5-14(6-4-13)17(18,19)20/h3-6,15,23H,2,7-12H2,1H3. The summed E-state index contributed by atoms with van der Waals surface area (Å²) >= 11 is 0. The highest BCUT2D eigenvalue weighted by molar-refractivity contribution is 5.78. The van der Waals surface area contributed by atoms with Crippen LogP contribution in [0.4, 0.5) is 13.2 Å².